The Morgan fingerprint density at radius 2 is 1.56 bits per heavy atom. The van der Waals surface area contributed by atoms with E-state index in [1.807, 2.05) is 6.07 Å². The van der Waals surface area contributed by atoms with E-state index in [0.717, 1.165) is 5.56 Å². The van der Waals surface area contributed by atoms with Gasteiger partial charge in [-0.1, -0.05) is 30.3 Å². The van der Waals surface area contributed by atoms with Gasteiger partial charge in [0.25, 0.3) is 0 Å². The molecule has 86 valence electrons. The van der Waals surface area contributed by atoms with Gasteiger partial charge in [0.15, 0.2) is 11.6 Å². The molecule has 0 saturated heterocycles. The van der Waals surface area contributed by atoms with E-state index in [1.54, 1.807) is 48.8 Å². The molecule has 3 rings (SSSR count). The smallest absolute Gasteiger partial charge is 0.197 e. The summed E-state index contributed by atoms with van der Waals surface area (Å²) in [6.07, 6.45) is 4.86. The van der Waals surface area contributed by atoms with E-state index < -0.39 is 0 Å². The summed E-state index contributed by atoms with van der Waals surface area (Å²) in [5.74, 6) is -0.418. The third-order valence-corrected chi connectivity index (χ3v) is 2.90. The van der Waals surface area contributed by atoms with Crippen LogP contribution in [0.3, 0.4) is 0 Å². The molecule has 1 aliphatic rings. The van der Waals surface area contributed by atoms with E-state index in [0.29, 0.717) is 11.1 Å². The molecule has 3 nitrogen and oxygen atoms in total. The molecule has 0 radical (unpaired) electrons. The fraction of sp³-hybridized carbons (Fsp3) is 0. The number of hydrogen-bond acceptors (Lipinski definition) is 3. The summed E-state index contributed by atoms with van der Waals surface area (Å²) in [6, 6.07) is 10.5. The van der Waals surface area contributed by atoms with E-state index in [9.17, 15) is 9.59 Å². The Bertz CT molecular complexity index is 635. The highest BCUT2D eigenvalue weighted by Crippen LogP contribution is 2.27. The molecule has 0 unspecified atom stereocenters. The van der Waals surface area contributed by atoms with Crippen molar-refractivity contribution >= 4 is 17.6 Å². The van der Waals surface area contributed by atoms with Crippen molar-refractivity contribution in [2.75, 3.05) is 0 Å². The number of Topliss-reactive ketones (excluding diaryl/α,β-unsaturated/α-hetero) is 2. The number of carbonyl (C=O) groups excluding carboxylic acids is 2. The van der Waals surface area contributed by atoms with Crippen molar-refractivity contribution in [2.45, 2.75) is 0 Å². The van der Waals surface area contributed by atoms with Crippen molar-refractivity contribution in [1.29, 1.82) is 0 Å². The molecule has 18 heavy (non-hydrogen) atoms. The normalized spacial score (nSPS) is 13.7. The lowest BCUT2D eigenvalue weighted by Gasteiger charge is -1.94. The topological polar surface area (TPSA) is 47.0 Å². The first-order valence-electron chi connectivity index (χ1n) is 5.57. The highest BCUT2D eigenvalue weighted by atomic mass is 16.2. The van der Waals surface area contributed by atoms with Crippen LogP contribution in [0.1, 0.15) is 26.3 Å². The van der Waals surface area contributed by atoms with Gasteiger partial charge in [-0.2, -0.15) is 0 Å². The maximum absolute atomic E-state index is 12.1. The molecule has 0 fully saturated rings. The molecule has 0 saturated carbocycles. The zero-order chi connectivity index (χ0) is 12.5. The van der Waals surface area contributed by atoms with Crippen molar-refractivity contribution in [3.63, 3.8) is 0 Å². The van der Waals surface area contributed by atoms with Gasteiger partial charge in [0, 0.05) is 23.5 Å². The fourth-order valence-corrected chi connectivity index (χ4v) is 2.03. The second-order valence-electron chi connectivity index (χ2n) is 4.05. The third kappa shape index (κ3) is 1.57. The number of hydrogen-bond donors (Lipinski definition) is 0. The highest BCUT2D eigenvalue weighted by molar-refractivity contribution is 6.41. The molecule has 0 amide bonds. The summed E-state index contributed by atoms with van der Waals surface area (Å²) in [5, 5.41) is 0. The molecule has 0 atom stereocenters. The predicted molar refractivity (Wildman–Crippen MR) is 67.3 cm³/mol. The zero-order valence-corrected chi connectivity index (χ0v) is 9.46. The minimum absolute atomic E-state index is 0.209. The summed E-state index contributed by atoms with van der Waals surface area (Å²) in [4.78, 5) is 28.2. The lowest BCUT2D eigenvalue weighted by Crippen LogP contribution is -2.00. The molecule has 0 bridgehead atoms. The number of fused-ring (bicyclic) bond motifs is 1. The van der Waals surface area contributed by atoms with Crippen LogP contribution >= 0.6 is 0 Å². The maximum Gasteiger partial charge on any atom is 0.197 e. The molecule has 1 aliphatic carbocycles. The monoisotopic (exact) mass is 235 g/mol. The maximum atomic E-state index is 12.1. The van der Waals surface area contributed by atoms with Gasteiger partial charge < -0.3 is 0 Å². The minimum atomic E-state index is -0.209. The van der Waals surface area contributed by atoms with Gasteiger partial charge in [-0.3, -0.25) is 14.6 Å². The van der Waals surface area contributed by atoms with Crippen molar-refractivity contribution < 1.29 is 9.59 Å². The van der Waals surface area contributed by atoms with Crippen molar-refractivity contribution in [2.24, 2.45) is 0 Å². The first-order valence-corrected chi connectivity index (χ1v) is 5.57. The number of nitrogens with zero attached hydrogens (tertiary/aromatic N) is 1. The van der Waals surface area contributed by atoms with Gasteiger partial charge in [-0.15, -0.1) is 0 Å². The van der Waals surface area contributed by atoms with Gasteiger partial charge >= 0.3 is 0 Å². The Balaban J connectivity index is 2.10. The first-order chi connectivity index (χ1) is 8.77. The number of benzene rings is 1. The van der Waals surface area contributed by atoms with Crippen LogP contribution < -0.4 is 0 Å². The van der Waals surface area contributed by atoms with Crippen LogP contribution in [0.15, 0.2) is 54.4 Å². The summed E-state index contributed by atoms with van der Waals surface area (Å²) >= 11 is 0. The third-order valence-electron chi connectivity index (χ3n) is 2.90. The Kier molecular flexibility index (Phi) is 2.38. The molecule has 3 heteroatoms. The van der Waals surface area contributed by atoms with Crippen LogP contribution in [0.4, 0.5) is 0 Å². The number of carbonyl (C=O) groups is 2. The SMILES string of the molecule is O=C1C(=Cc2cccnc2)C(=O)c2ccccc21. The van der Waals surface area contributed by atoms with Crippen molar-refractivity contribution in [3.05, 3.63) is 71.1 Å². The van der Waals surface area contributed by atoms with Gasteiger partial charge in [0.2, 0.25) is 0 Å². The van der Waals surface area contributed by atoms with E-state index in [-0.39, 0.29) is 17.1 Å². The largest absolute Gasteiger partial charge is 0.288 e. The number of aromatic nitrogens is 1. The molecule has 1 aromatic carbocycles. The lowest BCUT2D eigenvalue weighted by atomic mass is 10.1. The van der Waals surface area contributed by atoms with E-state index in [4.69, 9.17) is 0 Å². The molecular weight excluding hydrogens is 226 g/mol. The number of allylic oxidation sites excluding steroid dienone is 1. The van der Waals surface area contributed by atoms with Crippen LogP contribution in [0.5, 0.6) is 0 Å². The molecule has 0 N–H and O–H groups in total. The Morgan fingerprint density at radius 1 is 0.889 bits per heavy atom. The molecule has 0 aliphatic heterocycles. The van der Waals surface area contributed by atoms with Crippen molar-refractivity contribution in [3.8, 4) is 0 Å². The molecule has 1 heterocycles. The second kappa shape index (κ2) is 4.04. The van der Waals surface area contributed by atoms with Crippen LogP contribution in [0, 0.1) is 0 Å². The van der Waals surface area contributed by atoms with Gasteiger partial charge in [-0.25, -0.2) is 0 Å². The standard InChI is InChI=1S/C15H9NO2/c17-14-11-5-1-2-6-12(11)15(18)13(14)8-10-4-3-7-16-9-10/h1-9H. The zero-order valence-electron chi connectivity index (χ0n) is 9.46. The second-order valence-corrected chi connectivity index (χ2v) is 4.05. The van der Waals surface area contributed by atoms with E-state index in [2.05, 4.69) is 4.98 Å². The highest BCUT2D eigenvalue weighted by Gasteiger charge is 2.32. The van der Waals surface area contributed by atoms with Crippen LogP contribution in [-0.4, -0.2) is 16.6 Å². The predicted octanol–water partition coefficient (Wildman–Crippen LogP) is 2.54. The van der Waals surface area contributed by atoms with Gasteiger partial charge in [-0.05, 0) is 17.7 Å². The van der Waals surface area contributed by atoms with Crippen LogP contribution in [0.2, 0.25) is 0 Å². The summed E-state index contributed by atoms with van der Waals surface area (Å²) < 4.78 is 0. The average molecular weight is 235 g/mol. The molecule has 1 aromatic heterocycles. The minimum Gasteiger partial charge on any atom is -0.288 e. The average Bonchev–Trinajstić information content (AvgIpc) is 2.66. The Morgan fingerprint density at radius 3 is 2.11 bits per heavy atom. The summed E-state index contributed by atoms with van der Waals surface area (Å²) in [7, 11) is 0. The van der Waals surface area contributed by atoms with Crippen LogP contribution in [-0.2, 0) is 0 Å². The summed E-state index contributed by atoms with van der Waals surface area (Å²) in [6.45, 7) is 0. The number of ketones is 2. The Labute approximate surface area is 104 Å². The fourth-order valence-electron chi connectivity index (χ4n) is 2.03. The van der Waals surface area contributed by atoms with Gasteiger partial charge in [0.1, 0.15) is 0 Å². The Hall–Kier alpha value is -2.55. The summed E-state index contributed by atoms with van der Waals surface area (Å²) in [5.41, 5.74) is 1.93. The first kappa shape index (κ1) is 10.6. The van der Waals surface area contributed by atoms with E-state index in [1.165, 1.54) is 0 Å². The van der Waals surface area contributed by atoms with Gasteiger partial charge in [0.05, 0.1) is 5.57 Å². The molecular formula is C15H9NO2. The van der Waals surface area contributed by atoms with E-state index >= 15 is 0 Å². The molecule has 2 aromatic rings. The lowest BCUT2D eigenvalue weighted by molar-refractivity contribution is 0.0990. The van der Waals surface area contributed by atoms with Crippen LogP contribution in [0.25, 0.3) is 6.08 Å². The number of rotatable bonds is 1. The van der Waals surface area contributed by atoms with Crippen molar-refractivity contribution in [1.82, 2.24) is 4.98 Å². The number of pyridine rings is 1. The quantitative estimate of drug-likeness (QED) is 0.563. The molecule has 0 spiro atoms.